The minimum atomic E-state index is -1.23. The van der Waals surface area contributed by atoms with Gasteiger partial charge in [-0.15, -0.1) is 0 Å². The molecule has 0 aliphatic heterocycles. The van der Waals surface area contributed by atoms with Gasteiger partial charge < -0.3 is 10.6 Å². The molecule has 2 N–H and O–H groups in total. The first kappa shape index (κ1) is 12.5. The van der Waals surface area contributed by atoms with Gasteiger partial charge in [0.2, 0.25) is 5.91 Å². The van der Waals surface area contributed by atoms with Gasteiger partial charge >= 0.3 is 0 Å². The van der Waals surface area contributed by atoms with Gasteiger partial charge in [0, 0.05) is 25.2 Å². The molecule has 0 atom stereocenters. The Labute approximate surface area is 90.6 Å². The molecule has 0 aliphatic rings. The summed E-state index contributed by atoms with van der Waals surface area (Å²) in [4.78, 5) is 10.8. The van der Waals surface area contributed by atoms with Crippen molar-refractivity contribution >= 4 is 5.91 Å². The topological polar surface area (TPSA) is 41.1 Å². The first-order chi connectivity index (χ1) is 7.54. The normalized spacial score (nSPS) is 10.2. The summed E-state index contributed by atoms with van der Waals surface area (Å²) in [5, 5.41) is 4.96. The van der Waals surface area contributed by atoms with Crippen LogP contribution in [-0.4, -0.2) is 19.5 Å². The van der Waals surface area contributed by atoms with E-state index in [1.165, 1.54) is 7.05 Å². The maximum atomic E-state index is 13.1. The van der Waals surface area contributed by atoms with Crippen molar-refractivity contribution in [1.82, 2.24) is 10.6 Å². The van der Waals surface area contributed by atoms with E-state index in [2.05, 4.69) is 10.6 Å². The highest BCUT2D eigenvalue weighted by Crippen LogP contribution is 2.13. The molecule has 0 radical (unpaired) electrons. The standard InChI is InChI=1S/C10H11F3N2O/c1-14-10(16)5-15-4-6-2-8(12)9(13)3-7(6)11/h2-3,15H,4-5H2,1H3,(H,14,16). The van der Waals surface area contributed by atoms with Gasteiger partial charge in [-0.3, -0.25) is 4.79 Å². The number of hydrogen-bond acceptors (Lipinski definition) is 2. The van der Waals surface area contributed by atoms with Crippen LogP contribution in [0.1, 0.15) is 5.56 Å². The van der Waals surface area contributed by atoms with Crippen LogP contribution in [0.2, 0.25) is 0 Å². The van der Waals surface area contributed by atoms with Gasteiger partial charge in [0.25, 0.3) is 0 Å². The number of benzene rings is 1. The summed E-state index contributed by atoms with van der Waals surface area (Å²) < 4.78 is 38.4. The van der Waals surface area contributed by atoms with Gasteiger partial charge in [-0.05, 0) is 6.07 Å². The van der Waals surface area contributed by atoms with E-state index in [1.807, 2.05) is 0 Å². The lowest BCUT2D eigenvalue weighted by atomic mass is 10.2. The molecule has 16 heavy (non-hydrogen) atoms. The SMILES string of the molecule is CNC(=O)CNCc1cc(F)c(F)cc1F. The van der Waals surface area contributed by atoms with E-state index in [1.54, 1.807) is 0 Å². The summed E-state index contributed by atoms with van der Waals surface area (Å²) in [6.07, 6.45) is 0. The number of halogens is 3. The van der Waals surface area contributed by atoms with Crippen LogP contribution in [0.5, 0.6) is 0 Å². The fourth-order valence-corrected chi connectivity index (χ4v) is 1.10. The monoisotopic (exact) mass is 232 g/mol. The number of hydrogen-bond donors (Lipinski definition) is 2. The number of rotatable bonds is 4. The van der Waals surface area contributed by atoms with Crippen LogP contribution >= 0.6 is 0 Å². The van der Waals surface area contributed by atoms with Crippen molar-refractivity contribution in [3.8, 4) is 0 Å². The molecule has 0 saturated carbocycles. The molecule has 0 heterocycles. The number of nitrogens with one attached hydrogen (secondary N) is 2. The largest absolute Gasteiger partial charge is 0.358 e. The molecule has 0 bridgehead atoms. The first-order valence-electron chi connectivity index (χ1n) is 4.59. The lowest BCUT2D eigenvalue weighted by Gasteiger charge is -2.05. The maximum absolute atomic E-state index is 13.1. The quantitative estimate of drug-likeness (QED) is 0.758. The zero-order valence-corrected chi connectivity index (χ0v) is 8.61. The van der Waals surface area contributed by atoms with Crippen LogP contribution in [0.15, 0.2) is 12.1 Å². The van der Waals surface area contributed by atoms with Crippen molar-refractivity contribution in [3.63, 3.8) is 0 Å². The van der Waals surface area contributed by atoms with Crippen LogP contribution in [-0.2, 0) is 11.3 Å². The molecule has 1 rings (SSSR count). The average molecular weight is 232 g/mol. The van der Waals surface area contributed by atoms with E-state index in [0.717, 1.165) is 6.07 Å². The molecule has 1 aromatic carbocycles. The fourth-order valence-electron chi connectivity index (χ4n) is 1.10. The van der Waals surface area contributed by atoms with Crippen LogP contribution < -0.4 is 10.6 Å². The van der Waals surface area contributed by atoms with Crippen LogP contribution in [0.25, 0.3) is 0 Å². The van der Waals surface area contributed by atoms with Gasteiger partial charge in [0.1, 0.15) is 5.82 Å². The molecule has 3 nitrogen and oxygen atoms in total. The van der Waals surface area contributed by atoms with Crippen LogP contribution in [0.4, 0.5) is 13.2 Å². The van der Waals surface area contributed by atoms with Crippen molar-refractivity contribution in [1.29, 1.82) is 0 Å². The smallest absolute Gasteiger partial charge is 0.233 e. The molecule has 0 aliphatic carbocycles. The highest BCUT2D eigenvalue weighted by Gasteiger charge is 2.09. The average Bonchev–Trinajstić information content (AvgIpc) is 2.25. The van der Waals surface area contributed by atoms with E-state index >= 15 is 0 Å². The third kappa shape index (κ3) is 3.23. The Morgan fingerprint density at radius 2 is 1.81 bits per heavy atom. The van der Waals surface area contributed by atoms with Crippen LogP contribution in [0.3, 0.4) is 0 Å². The van der Waals surface area contributed by atoms with Crippen molar-refractivity contribution in [3.05, 3.63) is 35.1 Å². The van der Waals surface area contributed by atoms with Crippen LogP contribution in [0, 0.1) is 17.5 Å². The molecule has 0 saturated heterocycles. The summed E-state index contributed by atoms with van der Waals surface area (Å²) in [6.45, 7) is -0.0641. The van der Waals surface area contributed by atoms with Crippen molar-refractivity contribution in [2.45, 2.75) is 6.54 Å². The molecule has 0 unspecified atom stereocenters. The summed E-state index contributed by atoms with van der Waals surface area (Å²) in [7, 11) is 1.46. The zero-order chi connectivity index (χ0) is 12.1. The second kappa shape index (κ2) is 5.50. The minimum Gasteiger partial charge on any atom is -0.358 e. The molecule has 0 spiro atoms. The Kier molecular flexibility index (Phi) is 4.30. The highest BCUT2D eigenvalue weighted by atomic mass is 19.2. The zero-order valence-electron chi connectivity index (χ0n) is 8.61. The first-order valence-corrected chi connectivity index (χ1v) is 4.59. The Morgan fingerprint density at radius 3 is 2.44 bits per heavy atom. The summed E-state index contributed by atoms with van der Waals surface area (Å²) in [5.41, 5.74) is -0.0252. The second-order valence-corrected chi connectivity index (χ2v) is 3.13. The molecule has 1 amide bonds. The van der Waals surface area contributed by atoms with E-state index < -0.39 is 17.5 Å². The van der Waals surface area contributed by atoms with Crippen molar-refractivity contribution in [2.24, 2.45) is 0 Å². The Hall–Kier alpha value is -1.56. The highest BCUT2D eigenvalue weighted by molar-refractivity contribution is 5.77. The Morgan fingerprint density at radius 1 is 1.19 bits per heavy atom. The molecule has 0 aromatic heterocycles. The number of carbonyl (C=O) groups is 1. The lowest BCUT2D eigenvalue weighted by molar-refractivity contribution is -0.119. The number of amides is 1. The third-order valence-electron chi connectivity index (χ3n) is 1.97. The molecular weight excluding hydrogens is 221 g/mol. The molecular formula is C10H11F3N2O. The number of carbonyl (C=O) groups excluding carboxylic acids is 1. The predicted octanol–water partition coefficient (Wildman–Crippen LogP) is 0.939. The Bertz CT molecular complexity index is 396. The van der Waals surface area contributed by atoms with E-state index in [4.69, 9.17) is 0 Å². The summed E-state index contributed by atoms with van der Waals surface area (Å²) >= 11 is 0. The van der Waals surface area contributed by atoms with Gasteiger partial charge in [-0.25, -0.2) is 13.2 Å². The van der Waals surface area contributed by atoms with Crippen molar-refractivity contribution < 1.29 is 18.0 Å². The van der Waals surface area contributed by atoms with E-state index in [0.29, 0.717) is 6.07 Å². The van der Waals surface area contributed by atoms with E-state index in [-0.39, 0.29) is 24.6 Å². The van der Waals surface area contributed by atoms with Gasteiger partial charge in [-0.1, -0.05) is 0 Å². The summed E-state index contributed by atoms with van der Waals surface area (Å²) in [5.74, 6) is -3.46. The third-order valence-corrected chi connectivity index (χ3v) is 1.97. The fraction of sp³-hybridized carbons (Fsp3) is 0.300. The minimum absolute atomic E-state index is 0.0189. The van der Waals surface area contributed by atoms with Crippen molar-refractivity contribution in [2.75, 3.05) is 13.6 Å². The molecule has 6 heteroatoms. The molecule has 88 valence electrons. The number of likely N-dealkylation sites (N-methyl/N-ethyl adjacent to an activating group) is 1. The lowest BCUT2D eigenvalue weighted by Crippen LogP contribution is -2.31. The van der Waals surface area contributed by atoms with Gasteiger partial charge in [0.05, 0.1) is 6.54 Å². The molecule has 1 aromatic rings. The maximum Gasteiger partial charge on any atom is 0.233 e. The Balaban J connectivity index is 2.60. The van der Waals surface area contributed by atoms with Gasteiger partial charge in [-0.2, -0.15) is 0 Å². The second-order valence-electron chi connectivity index (χ2n) is 3.13. The van der Waals surface area contributed by atoms with E-state index in [9.17, 15) is 18.0 Å². The summed E-state index contributed by atoms with van der Waals surface area (Å²) in [6, 6.07) is 1.24. The molecule has 0 fully saturated rings. The van der Waals surface area contributed by atoms with Gasteiger partial charge in [0.15, 0.2) is 11.6 Å². The predicted molar refractivity (Wildman–Crippen MR) is 52.1 cm³/mol.